The first-order valence-corrected chi connectivity index (χ1v) is 13.5. The van der Waals surface area contributed by atoms with Crippen molar-refractivity contribution in [3.8, 4) is 10.6 Å². The maximum absolute atomic E-state index is 13.4. The van der Waals surface area contributed by atoms with Crippen LogP contribution in [0, 0.1) is 0 Å². The molecule has 1 saturated heterocycles. The molecule has 1 atom stereocenters. The fourth-order valence-electron chi connectivity index (χ4n) is 4.04. The van der Waals surface area contributed by atoms with Gasteiger partial charge in [-0.15, -0.1) is 11.3 Å². The van der Waals surface area contributed by atoms with E-state index in [4.69, 9.17) is 4.52 Å². The molecule has 0 N–H and O–H groups in total. The van der Waals surface area contributed by atoms with Gasteiger partial charge in [0.15, 0.2) is 21.3 Å². The molecule has 32 heavy (non-hydrogen) atoms. The topological polar surface area (TPSA) is 83.7 Å². The zero-order valence-electron chi connectivity index (χ0n) is 18.2. The van der Waals surface area contributed by atoms with Crippen LogP contribution in [-0.2, 0) is 16.4 Å². The van der Waals surface area contributed by atoms with Gasteiger partial charge in [0.2, 0.25) is 0 Å². The monoisotopic (exact) mass is 473 g/mol. The molecule has 0 unspecified atom stereocenters. The summed E-state index contributed by atoms with van der Waals surface area (Å²) in [5.74, 6) is 0.297. The van der Waals surface area contributed by atoms with Crippen molar-refractivity contribution in [1.29, 1.82) is 0 Å². The van der Waals surface area contributed by atoms with Crippen molar-refractivity contribution in [2.24, 2.45) is 0 Å². The summed E-state index contributed by atoms with van der Waals surface area (Å²) in [6, 6.07) is 13.1. The van der Waals surface area contributed by atoms with E-state index in [1.807, 2.05) is 41.8 Å². The molecule has 2 aromatic heterocycles. The van der Waals surface area contributed by atoms with Crippen LogP contribution in [0.1, 0.15) is 36.3 Å². The van der Waals surface area contributed by atoms with Gasteiger partial charge in [-0.1, -0.05) is 23.4 Å². The van der Waals surface area contributed by atoms with E-state index in [-0.39, 0.29) is 29.1 Å². The second-order valence-corrected chi connectivity index (χ2v) is 11.1. The summed E-state index contributed by atoms with van der Waals surface area (Å²) in [7, 11) is -3.15. The highest BCUT2D eigenvalue weighted by atomic mass is 32.2. The summed E-state index contributed by atoms with van der Waals surface area (Å²) >= 11 is 1.50. The van der Waals surface area contributed by atoms with Crippen molar-refractivity contribution >= 4 is 32.8 Å². The molecule has 0 radical (unpaired) electrons. The third-order valence-corrected chi connectivity index (χ3v) is 8.46. The molecule has 0 saturated carbocycles. The molecule has 4 rings (SSSR count). The molecule has 0 spiro atoms. The lowest BCUT2D eigenvalue weighted by atomic mass is 10.1. The second kappa shape index (κ2) is 9.46. The minimum atomic E-state index is -3.15. The van der Waals surface area contributed by atoms with E-state index in [0.29, 0.717) is 18.7 Å². The van der Waals surface area contributed by atoms with Crippen LogP contribution in [0.5, 0.6) is 0 Å². The largest absolute Gasteiger partial charge is 0.372 e. The molecule has 3 heterocycles. The van der Waals surface area contributed by atoms with E-state index in [2.05, 4.69) is 23.9 Å². The summed E-state index contributed by atoms with van der Waals surface area (Å²) in [5.41, 5.74) is 2.26. The molecular weight excluding hydrogens is 446 g/mol. The van der Waals surface area contributed by atoms with Crippen molar-refractivity contribution in [3.63, 3.8) is 0 Å². The average molecular weight is 474 g/mol. The van der Waals surface area contributed by atoms with Gasteiger partial charge in [-0.05, 0) is 49.4 Å². The van der Waals surface area contributed by atoms with Crippen LogP contribution in [0.15, 0.2) is 52.4 Å². The molecule has 170 valence electrons. The van der Waals surface area contributed by atoms with Gasteiger partial charge < -0.3 is 14.3 Å². The molecule has 0 bridgehead atoms. The number of carbonyl (C=O) groups is 1. The highest BCUT2D eigenvalue weighted by molar-refractivity contribution is 7.91. The van der Waals surface area contributed by atoms with Crippen molar-refractivity contribution in [1.82, 2.24) is 10.1 Å². The Morgan fingerprint density at radius 3 is 2.53 bits per heavy atom. The predicted octanol–water partition coefficient (Wildman–Crippen LogP) is 4.08. The SMILES string of the molecule is CCN(CC)c1ccc(CN(C(=O)c2cc(-c3cccs3)on2)[C@H]2CCS(=O)(=O)C2)cc1. The van der Waals surface area contributed by atoms with Crippen LogP contribution >= 0.6 is 11.3 Å². The number of amides is 1. The van der Waals surface area contributed by atoms with Crippen LogP contribution in [-0.4, -0.2) is 55.0 Å². The van der Waals surface area contributed by atoms with Crippen LogP contribution in [0.3, 0.4) is 0 Å². The lowest BCUT2D eigenvalue weighted by Gasteiger charge is -2.28. The smallest absolute Gasteiger partial charge is 0.276 e. The number of thiophene rings is 1. The summed E-state index contributed by atoms with van der Waals surface area (Å²) < 4.78 is 29.6. The fourth-order valence-corrected chi connectivity index (χ4v) is 6.45. The first kappa shape index (κ1) is 22.5. The molecule has 1 aromatic carbocycles. The Kier molecular flexibility index (Phi) is 6.66. The second-order valence-electron chi connectivity index (χ2n) is 7.88. The number of anilines is 1. The van der Waals surface area contributed by atoms with E-state index in [1.165, 1.54) is 11.3 Å². The van der Waals surface area contributed by atoms with Crippen LogP contribution < -0.4 is 4.90 Å². The number of sulfone groups is 1. The third kappa shape index (κ3) is 4.88. The van der Waals surface area contributed by atoms with Crippen molar-refractivity contribution in [3.05, 3.63) is 59.1 Å². The summed E-state index contributed by atoms with van der Waals surface area (Å²) in [6.45, 7) is 6.37. The molecule has 1 aliphatic rings. The highest BCUT2D eigenvalue weighted by Crippen LogP contribution is 2.28. The predicted molar refractivity (Wildman–Crippen MR) is 127 cm³/mol. The third-order valence-electron chi connectivity index (χ3n) is 5.82. The van der Waals surface area contributed by atoms with Gasteiger partial charge in [-0.25, -0.2) is 8.42 Å². The number of nitrogens with zero attached hydrogens (tertiary/aromatic N) is 3. The zero-order chi connectivity index (χ0) is 22.7. The maximum atomic E-state index is 13.4. The molecule has 1 amide bonds. The molecule has 0 aliphatic carbocycles. The molecule has 1 aliphatic heterocycles. The van der Waals surface area contributed by atoms with E-state index in [9.17, 15) is 13.2 Å². The average Bonchev–Trinajstić information content (AvgIpc) is 3.54. The quantitative estimate of drug-likeness (QED) is 0.490. The highest BCUT2D eigenvalue weighted by Gasteiger charge is 2.36. The maximum Gasteiger partial charge on any atom is 0.276 e. The van der Waals surface area contributed by atoms with Crippen LogP contribution in [0.2, 0.25) is 0 Å². The van der Waals surface area contributed by atoms with Gasteiger partial charge >= 0.3 is 0 Å². The Morgan fingerprint density at radius 2 is 1.94 bits per heavy atom. The van der Waals surface area contributed by atoms with Crippen molar-refractivity contribution in [2.75, 3.05) is 29.5 Å². The van der Waals surface area contributed by atoms with Crippen LogP contribution in [0.4, 0.5) is 5.69 Å². The fraction of sp³-hybridized carbons (Fsp3) is 0.391. The van der Waals surface area contributed by atoms with Crippen molar-refractivity contribution < 1.29 is 17.7 Å². The Morgan fingerprint density at radius 1 is 1.19 bits per heavy atom. The minimum absolute atomic E-state index is 0.0219. The first-order valence-electron chi connectivity index (χ1n) is 10.8. The number of hydrogen-bond donors (Lipinski definition) is 0. The Hall–Kier alpha value is -2.65. The lowest BCUT2D eigenvalue weighted by molar-refractivity contribution is 0.0670. The van der Waals surface area contributed by atoms with Gasteiger partial charge in [-0.2, -0.15) is 0 Å². The Balaban J connectivity index is 1.59. The van der Waals surface area contributed by atoms with Gasteiger partial charge in [0.05, 0.1) is 16.4 Å². The molecule has 7 nitrogen and oxygen atoms in total. The van der Waals surface area contributed by atoms with E-state index < -0.39 is 9.84 Å². The van der Waals surface area contributed by atoms with Gasteiger partial charge in [-0.3, -0.25) is 4.79 Å². The number of carbonyl (C=O) groups excluding carboxylic acids is 1. The normalized spacial score (nSPS) is 17.4. The summed E-state index contributed by atoms with van der Waals surface area (Å²) in [6.07, 6.45) is 0.432. The van der Waals surface area contributed by atoms with Gasteiger partial charge in [0.25, 0.3) is 5.91 Å². The van der Waals surface area contributed by atoms with E-state index in [1.54, 1.807) is 11.0 Å². The van der Waals surface area contributed by atoms with Crippen molar-refractivity contribution in [2.45, 2.75) is 32.9 Å². The molecule has 1 fully saturated rings. The number of hydrogen-bond acceptors (Lipinski definition) is 7. The summed E-state index contributed by atoms with van der Waals surface area (Å²) in [5, 5.41) is 5.91. The Bertz CT molecular complexity index is 1150. The Labute approximate surface area is 192 Å². The number of rotatable bonds is 8. The molecule has 9 heteroatoms. The van der Waals surface area contributed by atoms with Gasteiger partial charge in [0, 0.05) is 37.4 Å². The minimum Gasteiger partial charge on any atom is -0.372 e. The van der Waals surface area contributed by atoms with E-state index in [0.717, 1.165) is 29.2 Å². The lowest BCUT2D eigenvalue weighted by Crippen LogP contribution is -2.40. The number of benzene rings is 1. The standard InChI is InChI=1S/C23H27N3O4S2/c1-3-25(4-2)18-9-7-17(8-10-18)15-26(19-11-13-32(28,29)16-19)23(27)20-14-21(30-24-20)22-6-5-12-31-22/h5-10,12,14,19H,3-4,11,13,15-16H2,1-2H3/t19-/m0/s1. The van der Waals surface area contributed by atoms with E-state index >= 15 is 0 Å². The summed E-state index contributed by atoms with van der Waals surface area (Å²) in [4.78, 5) is 18.2. The zero-order valence-corrected chi connectivity index (χ0v) is 19.9. The van der Waals surface area contributed by atoms with Crippen LogP contribution in [0.25, 0.3) is 10.6 Å². The van der Waals surface area contributed by atoms with Gasteiger partial charge in [0.1, 0.15) is 0 Å². The molecule has 3 aromatic rings. The number of aromatic nitrogens is 1. The first-order chi connectivity index (χ1) is 15.4. The molecular formula is C23H27N3O4S2.